The van der Waals surface area contributed by atoms with Crippen LogP contribution in [0.2, 0.25) is 0 Å². The van der Waals surface area contributed by atoms with Gasteiger partial charge in [-0.1, -0.05) is 12.1 Å². The van der Waals surface area contributed by atoms with Gasteiger partial charge in [0.2, 0.25) is 0 Å². The Morgan fingerprint density at radius 3 is 2.84 bits per heavy atom. The second kappa shape index (κ2) is 8.68. The normalized spacial score (nSPS) is 16.7. The molecule has 9 nitrogen and oxygen atoms in total. The quantitative estimate of drug-likeness (QED) is 0.585. The molecule has 3 aromatic rings. The van der Waals surface area contributed by atoms with Crippen molar-refractivity contribution in [1.29, 1.82) is 0 Å². The number of nitrogen functional groups attached to an aromatic ring is 1. The van der Waals surface area contributed by atoms with Crippen molar-refractivity contribution in [2.75, 3.05) is 29.0 Å². The number of benzene rings is 1. The van der Waals surface area contributed by atoms with Crippen molar-refractivity contribution in [3.8, 4) is 11.3 Å². The van der Waals surface area contributed by atoms with Crippen LogP contribution in [-0.2, 0) is 7.05 Å². The molecule has 0 bridgehead atoms. The highest BCUT2D eigenvalue weighted by atomic mass is 19.1. The second-order valence-electron chi connectivity index (χ2n) is 7.61. The Bertz CT molecular complexity index is 1100. The van der Waals surface area contributed by atoms with E-state index >= 15 is 0 Å². The van der Waals surface area contributed by atoms with Crippen molar-refractivity contribution in [1.82, 2.24) is 19.7 Å². The molecule has 1 aromatic carbocycles. The van der Waals surface area contributed by atoms with Gasteiger partial charge in [-0.25, -0.2) is 14.4 Å². The number of amides is 1. The number of nitrogens with one attached hydrogen (secondary N) is 1. The number of hydrogen-bond donors (Lipinski definition) is 3. The van der Waals surface area contributed by atoms with Crippen LogP contribution in [0.4, 0.5) is 21.7 Å². The summed E-state index contributed by atoms with van der Waals surface area (Å²) in [5.74, 6) is -0.120. The highest BCUT2D eigenvalue weighted by Gasteiger charge is 2.22. The number of carbonyl (C=O) groups excluding carboxylic acids is 1. The molecule has 10 heteroatoms. The molecule has 1 unspecified atom stereocenters. The van der Waals surface area contributed by atoms with Gasteiger partial charge in [-0.15, -0.1) is 0 Å². The Hall–Kier alpha value is -3.53. The summed E-state index contributed by atoms with van der Waals surface area (Å²) in [6.45, 7) is 1.61. The maximum absolute atomic E-state index is 14.2. The monoisotopic (exact) mass is 424 g/mol. The van der Waals surface area contributed by atoms with E-state index in [9.17, 15) is 9.18 Å². The first-order valence-corrected chi connectivity index (χ1v) is 10.2. The Kier molecular flexibility index (Phi) is 5.81. The minimum Gasteiger partial charge on any atom is -0.382 e. The number of aromatic nitrogens is 4. The smallest absolute Gasteiger partial charge is 0.276 e. The standard InChI is InChI=1S/C21H25FN8O/c1-29-21(30-9-4-5-13(23)8-10-30)17(12-26-29)28-20(31)16-11-25-19(24)18(27-16)14-6-2-3-7-15(14)22/h2-3,6-7,11-13H,4-5,8-10,23H2,1H3,(H2,24,25)(H,28,31). The van der Waals surface area contributed by atoms with Crippen LogP contribution < -0.4 is 21.7 Å². The fourth-order valence-corrected chi connectivity index (χ4v) is 3.77. The van der Waals surface area contributed by atoms with Crippen molar-refractivity contribution in [2.24, 2.45) is 12.8 Å². The van der Waals surface area contributed by atoms with Crippen molar-refractivity contribution < 1.29 is 9.18 Å². The van der Waals surface area contributed by atoms with Crippen molar-refractivity contribution in [2.45, 2.75) is 25.3 Å². The van der Waals surface area contributed by atoms with Gasteiger partial charge in [-0.2, -0.15) is 5.10 Å². The van der Waals surface area contributed by atoms with E-state index in [0.717, 1.165) is 38.2 Å². The molecule has 5 N–H and O–H groups in total. The van der Waals surface area contributed by atoms with Crippen LogP contribution in [0.5, 0.6) is 0 Å². The first-order valence-electron chi connectivity index (χ1n) is 10.2. The largest absolute Gasteiger partial charge is 0.382 e. The van der Waals surface area contributed by atoms with E-state index in [4.69, 9.17) is 11.5 Å². The predicted molar refractivity (Wildman–Crippen MR) is 117 cm³/mol. The third kappa shape index (κ3) is 4.33. The van der Waals surface area contributed by atoms with E-state index in [0.29, 0.717) is 5.69 Å². The first kappa shape index (κ1) is 20.7. The Morgan fingerprint density at radius 1 is 1.23 bits per heavy atom. The Labute approximate surface area is 179 Å². The maximum atomic E-state index is 14.2. The van der Waals surface area contributed by atoms with Crippen molar-refractivity contribution in [3.05, 3.63) is 48.2 Å². The fraction of sp³-hybridized carbons (Fsp3) is 0.333. The number of aryl methyl sites for hydroxylation is 1. The molecule has 1 atom stereocenters. The van der Waals surface area contributed by atoms with Crippen LogP contribution in [-0.4, -0.2) is 44.8 Å². The lowest BCUT2D eigenvalue weighted by molar-refractivity contribution is 0.102. The van der Waals surface area contributed by atoms with Gasteiger partial charge in [0.05, 0.1) is 12.4 Å². The van der Waals surface area contributed by atoms with Crippen LogP contribution in [0, 0.1) is 5.82 Å². The van der Waals surface area contributed by atoms with Crippen LogP contribution in [0.15, 0.2) is 36.7 Å². The summed E-state index contributed by atoms with van der Waals surface area (Å²) in [5.41, 5.74) is 12.9. The van der Waals surface area contributed by atoms with Gasteiger partial charge < -0.3 is 21.7 Å². The lowest BCUT2D eigenvalue weighted by Gasteiger charge is -2.24. The zero-order valence-corrected chi connectivity index (χ0v) is 17.3. The van der Waals surface area contributed by atoms with Gasteiger partial charge in [-0.05, 0) is 31.4 Å². The van der Waals surface area contributed by atoms with Gasteiger partial charge in [0.25, 0.3) is 5.91 Å². The molecular formula is C21H25FN8O. The number of hydrogen-bond acceptors (Lipinski definition) is 7. The summed E-state index contributed by atoms with van der Waals surface area (Å²) in [7, 11) is 1.83. The van der Waals surface area contributed by atoms with Gasteiger partial charge in [-0.3, -0.25) is 9.48 Å². The maximum Gasteiger partial charge on any atom is 0.276 e. The minimum absolute atomic E-state index is 0.0279. The summed E-state index contributed by atoms with van der Waals surface area (Å²) in [6.07, 6.45) is 5.68. The number of anilines is 3. The molecule has 1 saturated heterocycles. The van der Waals surface area contributed by atoms with E-state index in [1.54, 1.807) is 29.1 Å². The van der Waals surface area contributed by atoms with E-state index in [1.807, 2.05) is 7.05 Å². The molecule has 1 amide bonds. The third-order valence-corrected chi connectivity index (χ3v) is 5.39. The van der Waals surface area contributed by atoms with E-state index < -0.39 is 11.7 Å². The molecule has 0 spiro atoms. The van der Waals surface area contributed by atoms with Crippen molar-refractivity contribution in [3.63, 3.8) is 0 Å². The first-order chi connectivity index (χ1) is 14.9. The molecule has 1 aliphatic rings. The molecule has 0 radical (unpaired) electrons. The molecule has 0 saturated carbocycles. The predicted octanol–water partition coefficient (Wildman–Crippen LogP) is 2.17. The molecule has 31 heavy (non-hydrogen) atoms. The molecule has 1 fully saturated rings. The zero-order valence-electron chi connectivity index (χ0n) is 17.3. The van der Waals surface area contributed by atoms with E-state index in [2.05, 4.69) is 25.3 Å². The Balaban J connectivity index is 1.60. The van der Waals surface area contributed by atoms with Gasteiger partial charge in [0, 0.05) is 31.7 Å². The van der Waals surface area contributed by atoms with Gasteiger partial charge in [0.1, 0.15) is 28.7 Å². The molecule has 3 heterocycles. The minimum atomic E-state index is -0.491. The average Bonchev–Trinajstić information content (AvgIpc) is 2.97. The zero-order chi connectivity index (χ0) is 22.0. The molecule has 0 aliphatic carbocycles. The number of halogens is 1. The topological polar surface area (TPSA) is 128 Å². The lowest BCUT2D eigenvalue weighted by atomic mass is 10.1. The SMILES string of the molecule is Cn1ncc(NC(=O)c2cnc(N)c(-c3ccccc3F)n2)c1N1CCCC(N)CC1. The highest BCUT2D eigenvalue weighted by Crippen LogP contribution is 2.29. The van der Waals surface area contributed by atoms with E-state index in [1.165, 1.54) is 12.3 Å². The van der Waals surface area contributed by atoms with Crippen LogP contribution >= 0.6 is 0 Å². The van der Waals surface area contributed by atoms with Crippen LogP contribution in [0.1, 0.15) is 29.8 Å². The molecule has 4 rings (SSSR count). The second-order valence-corrected chi connectivity index (χ2v) is 7.61. The fourth-order valence-electron chi connectivity index (χ4n) is 3.77. The van der Waals surface area contributed by atoms with Crippen LogP contribution in [0.3, 0.4) is 0 Å². The summed E-state index contributed by atoms with van der Waals surface area (Å²) >= 11 is 0. The lowest BCUT2D eigenvalue weighted by Crippen LogP contribution is -2.29. The van der Waals surface area contributed by atoms with Crippen LogP contribution in [0.25, 0.3) is 11.3 Å². The van der Waals surface area contributed by atoms with Gasteiger partial charge in [0.15, 0.2) is 5.82 Å². The van der Waals surface area contributed by atoms with Gasteiger partial charge >= 0.3 is 0 Å². The average molecular weight is 424 g/mol. The van der Waals surface area contributed by atoms with Crippen molar-refractivity contribution >= 4 is 23.2 Å². The molecular weight excluding hydrogens is 399 g/mol. The third-order valence-electron chi connectivity index (χ3n) is 5.39. The summed E-state index contributed by atoms with van der Waals surface area (Å²) < 4.78 is 15.9. The number of carbonyl (C=O) groups is 1. The highest BCUT2D eigenvalue weighted by molar-refractivity contribution is 6.04. The number of nitrogens with zero attached hydrogens (tertiary/aromatic N) is 5. The molecule has 1 aliphatic heterocycles. The summed E-state index contributed by atoms with van der Waals surface area (Å²) in [4.78, 5) is 23.4. The summed E-state index contributed by atoms with van der Waals surface area (Å²) in [5, 5.41) is 7.16. The molecule has 2 aromatic heterocycles. The van der Waals surface area contributed by atoms with E-state index in [-0.39, 0.29) is 28.8 Å². The Morgan fingerprint density at radius 2 is 2.03 bits per heavy atom. The molecule has 162 valence electrons. The number of nitrogens with two attached hydrogens (primary N) is 2. The number of rotatable bonds is 4. The summed E-state index contributed by atoms with van der Waals surface area (Å²) in [6, 6.07) is 6.26.